The number of rotatable bonds is 4. The van der Waals surface area contributed by atoms with Gasteiger partial charge in [0.05, 0.1) is 15.9 Å². The van der Waals surface area contributed by atoms with Crippen LogP contribution in [0.4, 0.5) is 10.5 Å². The van der Waals surface area contributed by atoms with Crippen LogP contribution in [0.2, 0.25) is 5.02 Å². The van der Waals surface area contributed by atoms with Gasteiger partial charge in [-0.1, -0.05) is 29.8 Å². The van der Waals surface area contributed by atoms with E-state index in [1.807, 2.05) is 0 Å². The molecule has 1 N–H and O–H groups in total. The molecule has 0 bridgehead atoms. The van der Waals surface area contributed by atoms with Crippen molar-refractivity contribution in [3.8, 4) is 0 Å². The number of carbonyl (C=O) groups excluding carboxylic acids is 3. The van der Waals surface area contributed by atoms with Gasteiger partial charge in [-0.25, -0.2) is 0 Å². The van der Waals surface area contributed by atoms with Gasteiger partial charge >= 0.3 is 0 Å². The van der Waals surface area contributed by atoms with Crippen molar-refractivity contribution in [2.24, 2.45) is 0 Å². The SMILES string of the molecule is O=C(CN1C(=O)S/C(=C\c2ccccc2Cl)C1=O)Nc1ccc2nccnc2c1. The average Bonchev–Trinajstić information content (AvgIpc) is 2.97. The third-order valence-electron chi connectivity index (χ3n) is 4.12. The first kappa shape index (κ1) is 19.1. The molecule has 9 heteroatoms. The van der Waals surface area contributed by atoms with E-state index in [4.69, 9.17) is 11.6 Å². The summed E-state index contributed by atoms with van der Waals surface area (Å²) in [5, 5.41) is 2.64. The molecule has 0 spiro atoms. The Morgan fingerprint density at radius 1 is 1.10 bits per heavy atom. The number of hydrogen-bond donors (Lipinski definition) is 1. The summed E-state index contributed by atoms with van der Waals surface area (Å²) in [6.07, 6.45) is 4.68. The Morgan fingerprint density at radius 2 is 1.86 bits per heavy atom. The highest BCUT2D eigenvalue weighted by Crippen LogP contribution is 2.33. The van der Waals surface area contributed by atoms with E-state index in [-0.39, 0.29) is 11.4 Å². The molecule has 1 aliphatic heterocycles. The molecule has 0 unspecified atom stereocenters. The number of imide groups is 1. The van der Waals surface area contributed by atoms with Crippen LogP contribution in [0.1, 0.15) is 5.56 Å². The lowest BCUT2D eigenvalue weighted by molar-refractivity contribution is -0.127. The molecular formula is C20H13ClN4O3S. The van der Waals surface area contributed by atoms with E-state index in [0.717, 1.165) is 16.7 Å². The Labute approximate surface area is 174 Å². The lowest BCUT2D eigenvalue weighted by atomic mass is 10.2. The number of carbonyl (C=O) groups is 3. The maximum absolute atomic E-state index is 12.6. The number of thioether (sulfide) groups is 1. The minimum absolute atomic E-state index is 0.219. The molecule has 29 heavy (non-hydrogen) atoms. The van der Waals surface area contributed by atoms with Gasteiger partial charge in [0.2, 0.25) is 5.91 Å². The second-order valence-corrected chi connectivity index (χ2v) is 7.50. The summed E-state index contributed by atoms with van der Waals surface area (Å²) in [6, 6.07) is 12.1. The second-order valence-electron chi connectivity index (χ2n) is 6.10. The molecule has 3 amide bonds. The van der Waals surface area contributed by atoms with Crippen molar-refractivity contribution in [2.45, 2.75) is 0 Å². The molecule has 2 aromatic carbocycles. The van der Waals surface area contributed by atoms with E-state index in [9.17, 15) is 14.4 Å². The molecule has 2 heterocycles. The van der Waals surface area contributed by atoms with Gasteiger partial charge in [-0.2, -0.15) is 0 Å². The number of anilines is 1. The summed E-state index contributed by atoms with van der Waals surface area (Å²) in [4.78, 5) is 46.6. The normalized spacial score (nSPS) is 15.3. The van der Waals surface area contributed by atoms with Gasteiger partial charge in [-0.3, -0.25) is 29.3 Å². The molecule has 0 saturated carbocycles. The van der Waals surface area contributed by atoms with Crippen LogP contribution < -0.4 is 5.32 Å². The van der Waals surface area contributed by atoms with Crippen molar-refractivity contribution in [1.29, 1.82) is 0 Å². The van der Waals surface area contributed by atoms with Crippen LogP contribution in [0.5, 0.6) is 0 Å². The summed E-state index contributed by atoms with van der Waals surface area (Å²) in [5.41, 5.74) is 2.45. The Morgan fingerprint density at radius 3 is 2.66 bits per heavy atom. The van der Waals surface area contributed by atoms with Crippen molar-refractivity contribution in [1.82, 2.24) is 14.9 Å². The van der Waals surface area contributed by atoms with Crippen LogP contribution >= 0.6 is 23.4 Å². The molecule has 3 aromatic rings. The highest BCUT2D eigenvalue weighted by atomic mass is 35.5. The van der Waals surface area contributed by atoms with E-state index >= 15 is 0 Å². The number of halogens is 1. The summed E-state index contributed by atoms with van der Waals surface area (Å²) in [6.45, 7) is -0.386. The first-order valence-corrected chi connectivity index (χ1v) is 9.71. The van der Waals surface area contributed by atoms with Gasteiger partial charge < -0.3 is 5.32 Å². The lowest BCUT2D eigenvalue weighted by Crippen LogP contribution is -2.36. The fourth-order valence-corrected chi connectivity index (χ4v) is 3.77. The molecule has 0 radical (unpaired) electrons. The number of fused-ring (bicyclic) bond motifs is 1. The minimum Gasteiger partial charge on any atom is -0.324 e. The second kappa shape index (κ2) is 8.02. The smallest absolute Gasteiger partial charge is 0.294 e. The molecule has 1 saturated heterocycles. The largest absolute Gasteiger partial charge is 0.324 e. The summed E-state index contributed by atoms with van der Waals surface area (Å²) < 4.78 is 0. The van der Waals surface area contributed by atoms with Crippen LogP contribution in [0.15, 0.2) is 59.8 Å². The van der Waals surface area contributed by atoms with Gasteiger partial charge in [-0.05, 0) is 47.7 Å². The fourth-order valence-electron chi connectivity index (χ4n) is 2.75. The molecule has 1 aromatic heterocycles. The number of amides is 3. The topological polar surface area (TPSA) is 92.3 Å². The maximum Gasteiger partial charge on any atom is 0.294 e. The fraction of sp³-hybridized carbons (Fsp3) is 0.0500. The Balaban J connectivity index is 1.47. The van der Waals surface area contributed by atoms with Crippen LogP contribution in [0, 0.1) is 0 Å². The first-order valence-electron chi connectivity index (χ1n) is 8.52. The zero-order valence-corrected chi connectivity index (χ0v) is 16.4. The zero-order valence-electron chi connectivity index (χ0n) is 14.8. The molecule has 4 rings (SSSR count). The highest BCUT2D eigenvalue weighted by molar-refractivity contribution is 8.18. The van der Waals surface area contributed by atoms with Crippen molar-refractivity contribution in [2.75, 3.05) is 11.9 Å². The quantitative estimate of drug-likeness (QED) is 0.637. The number of nitrogens with zero attached hydrogens (tertiary/aromatic N) is 3. The molecular weight excluding hydrogens is 412 g/mol. The summed E-state index contributed by atoms with van der Waals surface area (Å²) in [5.74, 6) is -1.02. The van der Waals surface area contributed by atoms with Gasteiger partial charge in [0.15, 0.2) is 0 Å². The Kier molecular flexibility index (Phi) is 5.28. The minimum atomic E-state index is -0.528. The van der Waals surface area contributed by atoms with Crippen molar-refractivity contribution >= 4 is 63.2 Å². The molecule has 0 aliphatic carbocycles. The first-order chi connectivity index (χ1) is 14.0. The van der Waals surface area contributed by atoms with E-state index in [1.165, 1.54) is 0 Å². The highest BCUT2D eigenvalue weighted by Gasteiger charge is 2.36. The van der Waals surface area contributed by atoms with E-state index in [0.29, 0.717) is 27.3 Å². The van der Waals surface area contributed by atoms with E-state index in [1.54, 1.807) is 60.9 Å². The van der Waals surface area contributed by atoms with E-state index in [2.05, 4.69) is 15.3 Å². The van der Waals surface area contributed by atoms with Gasteiger partial charge in [0, 0.05) is 23.1 Å². The molecule has 0 atom stereocenters. The van der Waals surface area contributed by atoms with Crippen molar-refractivity contribution < 1.29 is 14.4 Å². The van der Waals surface area contributed by atoms with Gasteiger partial charge in [0.25, 0.3) is 11.1 Å². The number of aromatic nitrogens is 2. The molecule has 7 nitrogen and oxygen atoms in total. The Hall–Kier alpha value is -3.23. The summed E-state index contributed by atoms with van der Waals surface area (Å²) >= 11 is 6.88. The van der Waals surface area contributed by atoms with E-state index < -0.39 is 17.1 Å². The molecule has 1 aliphatic rings. The number of benzene rings is 2. The number of hydrogen-bond acceptors (Lipinski definition) is 6. The molecule has 1 fully saturated rings. The Bertz CT molecular complexity index is 1180. The van der Waals surface area contributed by atoms with Crippen LogP contribution in [-0.2, 0) is 9.59 Å². The molecule has 144 valence electrons. The summed E-state index contributed by atoms with van der Waals surface area (Å²) in [7, 11) is 0. The van der Waals surface area contributed by atoms with Crippen molar-refractivity contribution in [3.63, 3.8) is 0 Å². The van der Waals surface area contributed by atoms with Crippen LogP contribution in [0.25, 0.3) is 17.1 Å². The predicted molar refractivity (Wildman–Crippen MR) is 112 cm³/mol. The van der Waals surface area contributed by atoms with Crippen molar-refractivity contribution in [3.05, 3.63) is 70.3 Å². The third-order valence-corrected chi connectivity index (χ3v) is 5.37. The number of nitrogens with one attached hydrogen (secondary N) is 1. The zero-order chi connectivity index (χ0) is 20.4. The van der Waals surface area contributed by atoms with Gasteiger partial charge in [0.1, 0.15) is 6.54 Å². The van der Waals surface area contributed by atoms with Gasteiger partial charge in [-0.15, -0.1) is 0 Å². The lowest BCUT2D eigenvalue weighted by Gasteiger charge is -2.12. The van der Waals surface area contributed by atoms with Crippen LogP contribution in [0.3, 0.4) is 0 Å². The maximum atomic E-state index is 12.6. The average molecular weight is 425 g/mol. The van der Waals surface area contributed by atoms with Crippen LogP contribution in [-0.4, -0.2) is 38.5 Å². The predicted octanol–water partition coefficient (Wildman–Crippen LogP) is 3.96. The third kappa shape index (κ3) is 4.13. The standard InChI is InChI=1S/C20H13ClN4O3S/c21-14-4-2-1-3-12(14)9-17-19(27)25(20(28)29-17)11-18(26)24-13-5-6-15-16(10-13)23-8-7-22-15/h1-10H,11H2,(H,24,26)/b17-9-. The monoisotopic (exact) mass is 424 g/mol.